The number of carboxylic acids is 1. The Balaban J connectivity index is 2.77. The Kier molecular flexibility index (Phi) is 2.90. The normalized spacial score (nSPS) is 25.7. The second kappa shape index (κ2) is 3.76. The number of carbonyl (C=O) groups is 1. The van der Waals surface area contributed by atoms with Gasteiger partial charge in [0.05, 0.1) is 12.5 Å². The molecule has 1 atom stereocenters. The van der Waals surface area contributed by atoms with Gasteiger partial charge in [-0.25, -0.2) is 0 Å². The van der Waals surface area contributed by atoms with E-state index < -0.39 is 19.2 Å². The van der Waals surface area contributed by atoms with Crippen molar-refractivity contribution in [3.8, 4) is 0 Å². The summed E-state index contributed by atoms with van der Waals surface area (Å²) >= 11 is 0. The highest BCUT2D eigenvalue weighted by Crippen LogP contribution is 2.28. The fraction of sp³-hybridized carbons (Fsp3) is 0.375. The van der Waals surface area contributed by atoms with Crippen molar-refractivity contribution in [1.82, 2.24) is 0 Å². The van der Waals surface area contributed by atoms with Crippen LogP contribution in [0.5, 0.6) is 0 Å². The molecule has 0 aromatic rings. The Bertz CT molecular complexity index is 271. The highest BCUT2D eigenvalue weighted by atomic mass is 16.5. The van der Waals surface area contributed by atoms with Crippen LogP contribution in [-0.4, -0.2) is 29.3 Å². The van der Waals surface area contributed by atoms with Gasteiger partial charge < -0.3 is 14.8 Å². The van der Waals surface area contributed by atoms with Crippen molar-refractivity contribution in [2.75, 3.05) is 0 Å². The van der Waals surface area contributed by atoms with Gasteiger partial charge in [-0.05, 0) is 18.0 Å². The molecule has 5 heteroatoms. The van der Waals surface area contributed by atoms with E-state index in [1.807, 2.05) is 0 Å². The van der Waals surface area contributed by atoms with Crippen molar-refractivity contribution in [1.29, 1.82) is 0 Å². The van der Waals surface area contributed by atoms with Gasteiger partial charge in [-0.3, -0.25) is 4.79 Å². The summed E-state index contributed by atoms with van der Waals surface area (Å²) in [6.45, 7) is 5.37. The minimum absolute atomic E-state index is 0.143. The average Bonchev–Trinajstić information content (AvgIpc) is 2.27. The van der Waals surface area contributed by atoms with E-state index in [0.29, 0.717) is 11.0 Å². The van der Waals surface area contributed by atoms with Gasteiger partial charge in [0, 0.05) is 0 Å². The number of rotatable bonds is 2. The van der Waals surface area contributed by atoms with Crippen LogP contribution in [0.3, 0.4) is 0 Å². The molecule has 4 nitrogen and oxygen atoms in total. The Hall–Kier alpha value is -1.07. The molecule has 13 heavy (non-hydrogen) atoms. The SMILES string of the molecule is C=C1B(O)OC(CC(=O)O)C1=CC. The first-order chi connectivity index (χ1) is 6.06. The van der Waals surface area contributed by atoms with Crippen molar-refractivity contribution in [2.45, 2.75) is 19.4 Å². The van der Waals surface area contributed by atoms with Gasteiger partial charge in [-0.1, -0.05) is 12.7 Å². The maximum atomic E-state index is 10.4. The zero-order valence-electron chi connectivity index (χ0n) is 7.36. The molecule has 1 unspecified atom stereocenters. The molecule has 0 spiro atoms. The fourth-order valence-corrected chi connectivity index (χ4v) is 1.35. The Morgan fingerprint density at radius 1 is 1.85 bits per heavy atom. The maximum Gasteiger partial charge on any atom is 0.491 e. The van der Waals surface area contributed by atoms with Gasteiger partial charge >= 0.3 is 13.1 Å². The van der Waals surface area contributed by atoms with Crippen molar-refractivity contribution in [2.24, 2.45) is 0 Å². The van der Waals surface area contributed by atoms with Gasteiger partial charge in [0.1, 0.15) is 0 Å². The van der Waals surface area contributed by atoms with E-state index in [9.17, 15) is 9.82 Å². The summed E-state index contributed by atoms with van der Waals surface area (Å²) in [6.07, 6.45) is 1.01. The molecule has 1 aliphatic heterocycles. The van der Waals surface area contributed by atoms with Crippen LogP contribution in [-0.2, 0) is 9.45 Å². The van der Waals surface area contributed by atoms with E-state index in [0.717, 1.165) is 0 Å². The molecule has 1 saturated heterocycles. The number of allylic oxidation sites excluding steroid dienone is 1. The summed E-state index contributed by atoms with van der Waals surface area (Å²) in [5, 5.41) is 17.8. The lowest BCUT2D eigenvalue weighted by atomic mass is 9.78. The lowest BCUT2D eigenvalue weighted by Gasteiger charge is -2.08. The fourth-order valence-electron chi connectivity index (χ4n) is 1.35. The molecule has 2 N–H and O–H groups in total. The van der Waals surface area contributed by atoms with Crippen LogP contribution >= 0.6 is 0 Å². The van der Waals surface area contributed by atoms with E-state index >= 15 is 0 Å². The summed E-state index contributed by atoms with van der Waals surface area (Å²) < 4.78 is 4.99. The highest BCUT2D eigenvalue weighted by Gasteiger charge is 2.37. The summed E-state index contributed by atoms with van der Waals surface area (Å²) in [7, 11) is -1.06. The third-order valence-electron chi connectivity index (χ3n) is 1.98. The van der Waals surface area contributed by atoms with Gasteiger partial charge in [-0.2, -0.15) is 0 Å². The van der Waals surface area contributed by atoms with Crippen molar-refractivity contribution < 1.29 is 19.6 Å². The van der Waals surface area contributed by atoms with Crippen LogP contribution in [0.1, 0.15) is 13.3 Å². The minimum atomic E-state index is -1.06. The lowest BCUT2D eigenvalue weighted by molar-refractivity contribution is -0.138. The van der Waals surface area contributed by atoms with E-state index in [1.165, 1.54) is 0 Å². The van der Waals surface area contributed by atoms with Crippen molar-refractivity contribution >= 4 is 13.1 Å². The second-order valence-electron chi connectivity index (χ2n) is 2.84. The van der Waals surface area contributed by atoms with Gasteiger partial charge in [-0.15, -0.1) is 0 Å². The van der Waals surface area contributed by atoms with Gasteiger partial charge in [0.25, 0.3) is 0 Å². The molecular formula is C8H11BO4. The van der Waals surface area contributed by atoms with Crippen LogP contribution in [0.25, 0.3) is 0 Å². The topological polar surface area (TPSA) is 66.8 Å². The molecular weight excluding hydrogens is 171 g/mol. The molecule has 1 aliphatic rings. The van der Waals surface area contributed by atoms with E-state index in [1.54, 1.807) is 13.0 Å². The maximum absolute atomic E-state index is 10.4. The molecule has 1 fully saturated rings. The first-order valence-corrected chi connectivity index (χ1v) is 3.97. The smallest absolute Gasteiger partial charge is 0.481 e. The van der Waals surface area contributed by atoms with Crippen LogP contribution in [0.2, 0.25) is 0 Å². The monoisotopic (exact) mass is 182 g/mol. The van der Waals surface area contributed by atoms with Gasteiger partial charge in [0.2, 0.25) is 0 Å². The predicted molar refractivity (Wildman–Crippen MR) is 48.0 cm³/mol. The molecule has 0 aromatic carbocycles. The average molecular weight is 182 g/mol. The number of carboxylic acid groups (broad SMARTS) is 1. The van der Waals surface area contributed by atoms with Crippen molar-refractivity contribution in [3.63, 3.8) is 0 Å². The Labute approximate surface area is 76.7 Å². The standard InChI is InChI=1S/C8H11BO4/c1-3-6-5(2)9(12)13-7(6)4-8(10)11/h3,7,12H,2,4H2,1H3,(H,10,11). The molecule has 0 saturated carbocycles. The lowest BCUT2D eigenvalue weighted by Crippen LogP contribution is -2.18. The summed E-state index contributed by atoms with van der Waals surface area (Å²) in [5.41, 5.74) is 1.13. The molecule has 0 bridgehead atoms. The molecule has 0 radical (unpaired) electrons. The summed E-state index contributed by atoms with van der Waals surface area (Å²) in [5.74, 6) is -0.953. The number of hydrogen-bond donors (Lipinski definition) is 2. The zero-order valence-corrected chi connectivity index (χ0v) is 7.36. The molecule has 0 amide bonds. The molecule has 0 aliphatic carbocycles. The van der Waals surface area contributed by atoms with Gasteiger partial charge in [0.15, 0.2) is 0 Å². The van der Waals surface area contributed by atoms with E-state index in [4.69, 9.17) is 9.76 Å². The Morgan fingerprint density at radius 3 is 2.92 bits per heavy atom. The van der Waals surface area contributed by atoms with E-state index in [2.05, 4.69) is 6.58 Å². The Morgan fingerprint density at radius 2 is 2.46 bits per heavy atom. The summed E-state index contributed by atoms with van der Waals surface area (Å²) in [4.78, 5) is 10.4. The molecule has 70 valence electrons. The first-order valence-electron chi connectivity index (χ1n) is 3.97. The van der Waals surface area contributed by atoms with E-state index in [-0.39, 0.29) is 6.42 Å². The first kappa shape index (κ1) is 10.0. The molecule has 0 aromatic heterocycles. The summed E-state index contributed by atoms with van der Waals surface area (Å²) in [6, 6.07) is 0. The van der Waals surface area contributed by atoms with Crippen LogP contribution in [0, 0.1) is 0 Å². The highest BCUT2D eigenvalue weighted by molar-refractivity contribution is 6.55. The van der Waals surface area contributed by atoms with Crippen LogP contribution in [0.15, 0.2) is 23.7 Å². The number of hydrogen-bond acceptors (Lipinski definition) is 3. The van der Waals surface area contributed by atoms with Crippen LogP contribution in [0.4, 0.5) is 0 Å². The zero-order chi connectivity index (χ0) is 10.0. The third kappa shape index (κ3) is 1.99. The molecule has 1 heterocycles. The predicted octanol–water partition coefficient (Wildman–Crippen LogP) is 0.382. The molecule has 1 rings (SSSR count). The minimum Gasteiger partial charge on any atom is -0.481 e. The quantitative estimate of drug-likeness (QED) is 0.605. The van der Waals surface area contributed by atoms with Crippen LogP contribution < -0.4 is 0 Å². The van der Waals surface area contributed by atoms with Crippen molar-refractivity contribution in [3.05, 3.63) is 23.7 Å². The number of aliphatic carboxylic acids is 1. The third-order valence-corrected chi connectivity index (χ3v) is 1.98. The second-order valence-corrected chi connectivity index (χ2v) is 2.84. The largest absolute Gasteiger partial charge is 0.491 e.